The second kappa shape index (κ2) is 8.26. The third-order valence-corrected chi connectivity index (χ3v) is 5.01. The molecule has 4 aromatic rings. The van der Waals surface area contributed by atoms with Gasteiger partial charge in [-0.15, -0.1) is 5.10 Å². The average molecular weight is 388 g/mol. The highest BCUT2D eigenvalue weighted by Gasteiger charge is 2.16. The van der Waals surface area contributed by atoms with Crippen LogP contribution in [-0.4, -0.2) is 37.2 Å². The van der Waals surface area contributed by atoms with Gasteiger partial charge in [-0.25, -0.2) is 4.68 Å². The molecule has 0 spiro atoms. The molecule has 0 unspecified atom stereocenters. The molecule has 2 aromatic heterocycles. The summed E-state index contributed by atoms with van der Waals surface area (Å²) >= 11 is 0. The number of rotatable bonds is 7. The molecule has 7 heteroatoms. The maximum absolute atomic E-state index is 12.5. The molecule has 2 aromatic carbocycles. The molecule has 1 amide bonds. The van der Waals surface area contributed by atoms with Gasteiger partial charge in [0.1, 0.15) is 0 Å². The average Bonchev–Trinajstić information content (AvgIpc) is 3.29. The van der Waals surface area contributed by atoms with Crippen molar-refractivity contribution in [2.45, 2.75) is 33.4 Å². The van der Waals surface area contributed by atoms with Crippen LogP contribution < -0.4 is 5.32 Å². The Balaban J connectivity index is 1.32. The summed E-state index contributed by atoms with van der Waals surface area (Å²) in [5.74, 6) is -0.192. The third kappa shape index (κ3) is 4.18. The number of hydrogen-bond donors (Lipinski definition) is 1. The predicted octanol–water partition coefficient (Wildman–Crippen LogP) is 3.11. The van der Waals surface area contributed by atoms with E-state index in [0.29, 0.717) is 18.8 Å². The monoisotopic (exact) mass is 388 g/mol. The van der Waals surface area contributed by atoms with Gasteiger partial charge < -0.3 is 5.32 Å². The van der Waals surface area contributed by atoms with Gasteiger partial charge in [0, 0.05) is 18.5 Å². The fourth-order valence-corrected chi connectivity index (χ4v) is 3.35. The number of amides is 1. The van der Waals surface area contributed by atoms with Crippen LogP contribution in [0.5, 0.6) is 0 Å². The van der Waals surface area contributed by atoms with Crippen molar-refractivity contribution in [3.8, 4) is 0 Å². The van der Waals surface area contributed by atoms with E-state index in [4.69, 9.17) is 0 Å². The van der Waals surface area contributed by atoms with E-state index in [0.717, 1.165) is 35.1 Å². The van der Waals surface area contributed by atoms with Gasteiger partial charge in [0.15, 0.2) is 5.69 Å². The van der Waals surface area contributed by atoms with Crippen LogP contribution in [0.15, 0.2) is 54.7 Å². The number of nitrogens with zero attached hydrogens (tertiary/aromatic N) is 5. The number of hydrogen-bond acceptors (Lipinski definition) is 4. The zero-order chi connectivity index (χ0) is 20.2. The third-order valence-electron chi connectivity index (χ3n) is 5.01. The highest BCUT2D eigenvalue weighted by Crippen LogP contribution is 2.15. The summed E-state index contributed by atoms with van der Waals surface area (Å²) in [7, 11) is 0. The number of nitrogens with one attached hydrogen (secondary N) is 1. The van der Waals surface area contributed by atoms with E-state index in [1.807, 2.05) is 48.1 Å². The summed E-state index contributed by atoms with van der Waals surface area (Å²) in [4.78, 5) is 12.5. The van der Waals surface area contributed by atoms with E-state index in [9.17, 15) is 4.79 Å². The summed E-state index contributed by atoms with van der Waals surface area (Å²) in [6.45, 7) is 5.84. The Kier molecular flexibility index (Phi) is 5.37. The van der Waals surface area contributed by atoms with Crippen molar-refractivity contribution in [1.82, 2.24) is 30.1 Å². The molecule has 0 bridgehead atoms. The standard InChI is InChI=1S/C22H24N6O/c1-16-9-10-19-14-24-27(20(19)13-16)12-6-11-23-22(29)21-17(2)28(26-25-21)15-18-7-4-3-5-8-18/h3-5,7-10,13-14H,6,11-12,15H2,1-2H3,(H,23,29). The molecule has 0 fully saturated rings. The maximum Gasteiger partial charge on any atom is 0.273 e. The molecule has 0 saturated carbocycles. The first kappa shape index (κ1) is 18.9. The van der Waals surface area contributed by atoms with Gasteiger partial charge in [0.25, 0.3) is 5.91 Å². The Hall–Kier alpha value is -3.48. The summed E-state index contributed by atoms with van der Waals surface area (Å²) in [6.07, 6.45) is 2.66. The lowest BCUT2D eigenvalue weighted by Crippen LogP contribution is -2.26. The van der Waals surface area contributed by atoms with Crippen molar-refractivity contribution in [3.05, 3.63) is 77.2 Å². The molecule has 0 aliphatic heterocycles. The Morgan fingerprint density at radius 2 is 1.90 bits per heavy atom. The van der Waals surface area contributed by atoms with Gasteiger partial charge >= 0.3 is 0 Å². The van der Waals surface area contributed by atoms with Crippen molar-refractivity contribution in [1.29, 1.82) is 0 Å². The highest BCUT2D eigenvalue weighted by atomic mass is 16.2. The van der Waals surface area contributed by atoms with Gasteiger partial charge in [-0.1, -0.05) is 47.7 Å². The number of carbonyl (C=O) groups excluding carboxylic acids is 1. The smallest absolute Gasteiger partial charge is 0.273 e. The van der Waals surface area contributed by atoms with Gasteiger partial charge in [-0.05, 0) is 37.5 Å². The zero-order valence-corrected chi connectivity index (χ0v) is 16.7. The van der Waals surface area contributed by atoms with Crippen LogP contribution in [-0.2, 0) is 13.1 Å². The summed E-state index contributed by atoms with van der Waals surface area (Å²) < 4.78 is 3.73. The van der Waals surface area contributed by atoms with Crippen molar-refractivity contribution in [3.63, 3.8) is 0 Å². The molecule has 1 N–H and O–H groups in total. The molecule has 2 heterocycles. The number of benzene rings is 2. The van der Waals surface area contributed by atoms with Crippen LogP contribution in [0.2, 0.25) is 0 Å². The van der Waals surface area contributed by atoms with Gasteiger partial charge in [-0.3, -0.25) is 9.48 Å². The van der Waals surface area contributed by atoms with Crippen molar-refractivity contribution >= 4 is 16.8 Å². The van der Waals surface area contributed by atoms with Crippen LogP contribution >= 0.6 is 0 Å². The van der Waals surface area contributed by atoms with E-state index in [2.05, 4.69) is 45.9 Å². The fraction of sp³-hybridized carbons (Fsp3) is 0.273. The lowest BCUT2D eigenvalue weighted by Gasteiger charge is -2.07. The first-order valence-electron chi connectivity index (χ1n) is 9.76. The van der Waals surface area contributed by atoms with Crippen LogP contribution in [0.4, 0.5) is 0 Å². The topological polar surface area (TPSA) is 77.6 Å². The van der Waals surface area contributed by atoms with Crippen molar-refractivity contribution < 1.29 is 4.79 Å². The second-order valence-corrected chi connectivity index (χ2v) is 7.21. The molecule has 0 radical (unpaired) electrons. The van der Waals surface area contributed by atoms with Crippen LogP contribution in [0.3, 0.4) is 0 Å². The minimum absolute atomic E-state index is 0.192. The SMILES string of the molecule is Cc1ccc2cnn(CCCNC(=O)c3nnn(Cc4ccccc4)c3C)c2c1. The molecule has 0 atom stereocenters. The molecule has 4 rings (SSSR count). The molecular weight excluding hydrogens is 364 g/mol. The van der Waals surface area contributed by atoms with Crippen LogP contribution in [0, 0.1) is 13.8 Å². The summed E-state index contributed by atoms with van der Waals surface area (Å²) in [6, 6.07) is 16.3. The van der Waals surface area contributed by atoms with E-state index < -0.39 is 0 Å². The minimum atomic E-state index is -0.192. The summed E-state index contributed by atoms with van der Waals surface area (Å²) in [5, 5.41) is 16.7. The van der Waals surface area contributed by atoms with E-state index in [-0.39, 0.29) is 5.91 Å². The fourth-order valence-electron chi connectivity index (χ4n) is 3.35. The molecule has 29 heavy (non-hydrogen) atoms. The van der Waals surface area contributed by atoms with Crippen LogP contribution in [0.25, 0.3) is 10.9 Å². The Morgan fingerprint density at radius 3 is 2.72 bits per heavy atom. The molecule has 0 aliphatic carbocycles. The second-order valence-electron chi connectivity index (χ2n) is 7.21. The van der Waals surface area contributed by atoms with Crippen LogP contribution in [0.1, 0.15) is 33.7 Å². The van der Waals surface area contributed by atoms with Gasteiger partial charge in [-0.2, -0.15) is 5.10 Å². The summed E-state index contributed by atoms with van der Waals surface area (Å²) in [5.41, 5.74) is 4.59. The quantitative estimate of drug-likeness (QED) is 0.494. The van der Waals surface area contributed by atoms with Gasteiger partial charge in [0.2, 0.25) is 0 Å². The van der Waals surface area contributed by atoms with E-state index >= 15 is 0 Å². The van der Waals surface area contributed by atoms with E-state index in [1.165, 1.54) is 5.56 Å². The van der Waals surface area contributed by atoms with Crippen molar-refractivity contribution in [2.75, 3.05) is 6.54 Å². The number of carbonyl (C=O) groups is 1. The number of aromatic nitrogens is 5. The number of fused-ring (bicyclic) bond motifs is 1. The minimum Gasteiger partial charge on any atom is -0.351 e. The predicted molar refractivity (Wildman–Crippen MR) is 112 cm³/mol. The largest absolute Gasteiger partial charge is 0.351 e. The first-order chi connectivity index (χ1) is 14.1. The Morgan fingerprint density at radius 1 is 1.07 bits per heavy atom. The van der Waals surface area contributed by atoms with Crippen molar-refractivity contribution in [2.24, 2.45) is 0 Å². The van der Waals surface area contributed by atoms with E-state index in [1.54, 1.807) is 4.68 Å². The molecular formula is C22H24N6O. The Labute approximate surface area is 169 Å². The molecule has 0 aliphatic rings. The lowest BCUT2D eigenvalue weighted by molar-refractivity contribution is 0.0947. The molecule has 0 saturated heterocycles. The normalized spacial score (nSPS) is 11.1. The molecule has 148 valence electrons. The lowest BCUT2D eigenvalue weighted by atomic mass is 10.2. The zero-order valence-electron chi connectivity index (χ0n) is 16.7. The van der Waals surface area contributed by atoms with Gasteiger partial charge in [0.05, 0.1) is 24.0 Å². The maximum atomic E-state index is 12.5. The molecule has 7 nitrogen and oxygen atoms in total. The first-order valence-corrected chi connectivity index (χ1v) is 9.76. The Bertz CT molecular complexity index is 1130. The highest BCUT2D eigenvalue weighted by molar-refractivity contribution is 5.93. The number of aryl methyl sites for hydroxylation is 2.